The molecule has 116 valence electrons. The number of fused-ring (bicyclic) bond motifs is 2. The zero-order chi connectivity index (χ0) is 14.7. The predicted molar refractivity (Wildman–Crippen MR) is 86.7 cm³/mol. The molecule has 2 bridgehead atoms. The fourth-order valence-corrected chi connectivity index (χ4v) is 4.99. The fourth-order valence-electron chi connectivity index (χ4n) is 4.02. The zero-order valence-electron chi connectivity index (χ0n) is 13.1. The van der Waals surface area contributed by atoms with Crippen LogP contribution in [0.5, 0.6) is 0 Å². The van der Waals surface area contributed by atoms with Crippen LogP contribution in [0, 0.1) is 17.8 Å². The van der Waals surface area contributed by atoms with Crippen LogP contribution in [0.2, 0.25) is 0 Å². The molecule has 3 nitrogen and oxygen atoms in total. The third-order valence-corrected chi connectivity index (χ3v) is 6.35. The maximum Gasteiger partial charge on any atom is 0.233 e. The van der Waals surface area contributed by atoms with Crippen LogP contribution < -0.4 is 11.1 Å². The molecular weight excluding hydrogens is 268 g/mol. The average molecular weight is 298 g/mol. The first-order valence-electron chi connectivity index (χ1n) is 8.20. The van der Waals surface area contributed by atoms with Crippen molar-refractivity contribution in [3.05, 3.63) is 0 Å². The van der Waals surface area contributed by atoms with Crippen LogP contribution in [0.3, 0.4) is 0 Å². The number of rotatable bonds is 5. The lowest BCUT2D eigenvalue weighted by molar-refractivity contribution is -0.123. The summed E-state index contributed by atoms with van der Waals surface area (Å²) in [7, 11) is 0. The van der Waals surface area contributed by atoms with Crippen molar-refractivity contribution in [2.75, 3.05) is 5.75 Å². The van der Waals surface area contributed by atoms with Crippen LogP contribution in [0.15, 0.2) is 0 Å². The minimum atomic E-state index is 0.0938. The van der Waals surface area contributed by atoms with E-state index in [1.54, 1.807) is 11.8 Å². The smallest absolute Gasteiger partial charge is 0.233 e. The molecule has 0 aliphatic heterocycles. The summed E-state index contributed by atoms with van der Waals surface area (Å²) < 4.78 is 0. The Balaban J connectivity index is 1.99. The van der Waals surface area contributed by atoms with E-state index in [1.165, 1.54) is 19.3 Å². The quantitative estimate of drug-likeness (QED) is 0.820. The van der Waals surface area contributed by atoms with Gasteiger partial charge in [0, 0.05) is 12.1 Å². The highest BCUT2D eigenvalue weighted by atomic mass is 32.2. The van der Waals surface area contributed by atoms with Gasteiger partial charge in [-0.2, -0.15) is 0 Å². The van der Waals surface area contributed by atoms with Crippen molar-refractivity contribution in [3.63, 3.8) is 0 Å². The van der Waals surface area contributed by atoms with E-state index in [9.17, 15) is 4.79 Å². The minimum absolute atomic E-state index is 0.0938. The highest BCUT2D eigenvalue weighted by Crippen LogP contribution is 2.40. The molecule has 2 fully saturated rings. The third-order valence-electron chi connectivity index (χ3n) is 4.90. The number of nitrogens with two attached hydrogens (primary N) is 1. The molecule has 2 aliphatic carbocycles. The van der Waals surface area contributed by atoms with E-state index in [0.29, 0.717) is 29.8 Å². The van der Waals surface area contributed by atoms with Gasteiger partial charge >= 0.3 is 0 Å². The molecule has 2 rings (SSSR count). The Morgan fingerprint density at radius 1 is 1.30 bits per heavy atom. The van der Waals surface area contributed by atoms with Crippen molar-refractivity contribution in [2.24, 2.45) is 23.5 Å². The van der Waals surface area contributed by atoms with E-state index in [-0.39, 0.29) is 11.2 Å². The van der Waals surface area contributed by atoms with E-state index in [0.717, 1.165) is 18.6 Å². The topological polar surface area (TPSA) is 55.1 Å². The van der Waals surface area contributed by atoms with Crippen molar-refractivity contribution < 1.29 is 4.79 Å². The molecule has 0 heterocycles. The molecule has 3 atom stereocenters. The van der Waals surface area contributed by atoms with Crippen molar-refractivity contribution in [2.45, 2.75) is 70.2 Å². The normalized spacial score (nSPS) is 34.9. The van der Waals surface area contributed by atoms with Gasteiger partial charge in [0.2, 0.25) is 5.91 Å². The second kappa shape index (κ2) is 7.17. The number of amides is 1. The molecule has 0 aromatic carbocycles. The van der Waals surface area contributed by atoms with Gasteiger partial charge in [0.05, 0.1) is 5.25 Å². The summed E-state index contributed by atoms with van der Waals surface area (Å²) in [6.07, 6.45) is 5.97. The largest absolute Gasteiger partial charge is 0.352 e. The molecule has 20 heavy (non-hydrogen) atoms. The van der Waals surface area contributed by atoms with Crippen molar-refractivity contribution in [1.29, 1.82) is 0 Å². The SMILES string of the molecule is CCSC(C(=O)NC1C2CCCC1CC(N)C2)C(C)C. The minimum Gasteiger partial charge on any atom is -0.352 e. The van der Waals surface area contributed by atoms with Crippen LogP contribution >= 0.6 is 11.8 Å². The lowest BCUT2D eigenvalue weighted by atomic mass is 9.67. The number of carbonyl (C=O) groups excluding carboxylic acids is 1. The van der Waals surface area contributed by atoms with E-state index in [2.05, 4.69) is 26.1 Å². The number of carbonyl (C=O) groups is 1. The van der Waals surface area contributed by atoms with Gasteiger partial charge in [-0.05, 0) is 49.2 Å². The van der Waals surface area contributed by atoms with E-state index in [4.69, 9.17) is 5.73 Å². The van der Waals surface area contributed by atoms with Gasteiger partial charge in [0.15, 0.2) is 0 Å². The van der Waals surface area contributed by atoms with E-state index in [1.807, 2.05) is 0 Å². The Kier molecular flexibility index (Phi) is 5.79. The number of hydrogen-bond donors (Lipinski definition) is 2. The maximum atomic E-state index is 12.6. The molecule has 3 N–H and O–H groups in total. The Labute approximate surface area is 127 Å². The summed E-state index contributed by atoms with van der Waals surface area (Å²) in [4.78, 5) is 12.6. The van der Waals surface area contributed by atoms with Gasteiger partial charge in [-0.25, -0.2) is 0 Å². The fraction of sp³-hybridized carbons (Fsp3) is 0.938. The molecule has 2 aliphatic rings. The molecule has 4 heteroatoms. The predicted octanol–water partition coefficient (Wildman–Crippen LogP) is 2.79. The highest BCUT2D eigenvalue weighted by molar-refractivity contribution is 8.00. The lowest BCUT2D eigenvalue weighted by Gasteiger charge is -2.45. The second-order valence-electron chi connectivity index (χ2n) is 6.84. The second-order valence-corrected chi connectivity index (χ2v) is 8.26. The molecule has 2 saturated carbocycles. The highest BCUT2D eigenvalue weighted by Gasteiger charge is 2.40. The number of thioether (sulfide) groups is 1. The van der Waals surface area contributed by atoms with Crippen LogP contribution in [0.4, 0.5) is 0 Å². The Hall–Kier alpha value is -0.220. The Bertz CT molecular complexity index is 320. The van der Waals surface area contributed by atoms with Crippen molar-refractivity contribution in [1.82, 2.24) is 5.32 Å². The summed E-state index contributed by atoms with van der Waals surface area (Å²) in [5.41, 5.74) is 6.16. The molecule has 0 saturated heterocycles. The number of hydrogen-bond acceptors (Lipinski definition) is 3. The summed E-state index contributed by atoms with van der Waals surface area (Å²) in [6, 6.07) is 0.735. The van der Waals surface area contributed by atoms with Gasteiger partial charge in [0.1, 0.15) is 0 Å². The van der Waals surface area contributed by atoms with Crippen LogP contribution in [-0.4, -0.2) is 29.0 Å². The standard InChI is InChI=1S/C16H30N2OS/c1-4-20-15(10(2)3)16(19)18-14-11-6-5-7-12(14)9-13(17)8-11/h10-15H,4-9,17H2,1-3H3,(H,18,19). The summed E-state index contributed by atoms with van der Waals surface area (Å²) in [5.74, 6) is 2.87. The third kappa shape index (κ3) is 3.70. The molecule has 3 unspecified atom stereocenters. The summed E-state index contributed by atoms with van der Waals surface area (Å²) in [5, 5.41) is 3.49. The average Bonchev–Trinajstić information content (AvgIpc) is 2.36. The van der Waals surface area contributed by atoms with Crippen LogP contribution in [0.25, 0.3) is 0 Å². The Morgan fingerprint density at radius 3 is 2.40 bits per heavy atom. The first-order valence-corrected chi connectivity index (χ1v) is 9.25. The first-order chi connectivity index (χ1) is 9.52. The lowest BCUT2D eigenvalue weighted by Crippen LogP contribution is -2.55. The molecule has 0 spiro atoms. The zero-order valence-corrected chi connectivity index (χ0v) is 13.9. The summed E-state index contributed by atoms with van der Waals surface area (Å²) >= 11 is 1.77. The van der Waals surface area contributed by atoms with Crippen molar-refractivity contribution in [3.8, 4) is 0 Å². The monoisotopic (exact) mass is 298 g/mol. The summed E-state index contributed by atoms with van der Waals surface area (Å²) in [6.45, 7) is 6.41. The van der Waals surface area contributed by atoms with Gasteiger partial charge in [-0.15, -0.1) is 11.8 Å². The molecule has 0 aromatic rings. The maximum absolute atomic E-state index is 12.6. The van der Waals surface area contributed by atoms with E-state index < -0.39 is 0 Å². The van der Waals surface area contributed by atoms with Gasteiger partial charge in [-0.1, -0.05) is 27.2 Å². The molecule has 0 radical (unpaired) electrons. The van der Waals surface area contributed by atoms with Crippen molar-refractivity contribution >= 4 is 17.7 Å². The molecule has 0 aromatic heterocycles. The van der Waals surface area contributed by atoms with Crippen LogP contribution in [-0.2, 0) is 4.79 Å². The van der Waals surface area contributed by atoms with Gasteiger partial charge < -0.3 is 11.1 Å². The Morgan fingerprint density at radius 2 is 1.90 bits per heavy atom. The first kappa shape index (κ1) is 16.2. The van der Waals surface area contributed by atoms with E-state index >= 15 is 0 Å². The van der Waals surface area contributed by atoms with Gasteiger partial charge in [0.25, 0.3) is 0 Å². The van der Waals surface area contributed by atoms with Gasteiger partial charge in [-0.3, -0.25) is 4.79 Å². The molecular formula is C16H30N2OS. The molecule has 1 amide bonds. The van der Waals surface area contributed by atoms with Crippen LogP contribution in [0.1, 0.15) is 52.9 Å². The number of nitrogens with one attached hydrogen (secondary N) is 1.